The number of amides is 1. The molecule has 0 spiro atoms. The fraction of sp³-hybridized carbons (Fsp3) is 0.375. The summed E-state index contributed by atoms with van der Waals surface area (Å²) >= 11 is 0. The molecule has 0 unspecified atom stereocenters. The van der Waals surface area contributed by atoms with E-state index in [1.165, 1.54) is 0 Å². The summed E-state index contributed by atoms with van der Waals surface area (Å²) < 4.78 is 9.19. The molecule has 16 heavy (non-hydrogen) atoms. The second kappa shape index (κ2) is 5.77. The summed E-state index contributed by atoms with van der Waals surface area (Å²) in [6.07, 6.45) is 4.93. The smallest absolute Gasteiger partial charge is 0.491 e. The summed E-state index contributed by atoms with van der Waals surface area (Å²) in [5, 5.41) is 4.72. The van der Waals surface area contributed by atoms with Gasteiger partial charge in [-0.15, -0.1) is 6.42 Å². The van der Waals surface area contributed by atoms with E-state index in [4.69, 9.17) is 6.42 Å². The Balaban J connectivity index is 2.59. The van der Waals surface area contributed by atoms with E-state index in [1.807, 2.05) is 0 Å². The van der Waals surface area contributed by atoms with Gasteiger partial charge in [0.2, 0.25) is 0 Å². The first-order valence-electron chi connectivity index (χ1n) is 4.44. The number of hydrogen-bond acceptors (Lipinski definition) is 6. The van der Waals surface area contributed by atoms with Crippen LogP contribution in [-0.4, -0.2) is 44.5 Å². The van der Waals surface area contributed by atoms with Crippen molar-refractivity contribution in [3.8, 4) is 12.3 Å². The largest absolute Gasteiger partial charge is 0.698 e. The van der Waals surface area contributed by atoms with Crippen LogP contribution in [0.4, 0.5) is 4.79 Å². The molecule has 1 aliphatic rings. The van der Waals surface area contributed by atoms with Crippen molar-refractivity contribution < 1.29 is 23.7 Å². The van der Waals surface area contributed by atoms with Crippen LogP contribution in [0.25, 0.3) is 0 Å². The lowest BCUT2D eigenvalue weighted by molar-refractivity contribution is -0.141. The Kier molecular flexibility index (Phi) is 4.35. The van der Waals surface area contributed by atoms with E-state index >= 15 is 0 Å². The third-order valence-electron chi connectivity index (χ3n) is 1.59. The maximum atomic E-state index is 11.3. The fourth-order valence-electron chi connectivity index (χ4n) is 0.941. The van der Waals surface area contributed by atoms with Gasteiger partial charge >= 0.3 is 19.1 Å². The van der Waals surface area contributed by atoms with Crippen LogP contribution >= 0.6 is 0 Å². The topological polar surface area (TPSA) is 93.7 Å². The lowest BCUT2D eigenvalue weighted by atomic mass is 9.88. The second-order valence-electron chi connectivity index (χ2n) is 2.84. The van der Waals surface area contributed by atoms with Crippen LogP contribution in [0.2, 0.25) is 0 Å². The zero-order valence-corrected chi connectivity index (χ0v) is 8.32. The van der Waals surface area contributed by atoms with Crippen molar-refractivity contribution in [2.75, 3.05) is 19.6 Å². The molecule has 84 valence electrons. The van der Waals surface area contributed by atoms with Crippen molar-refractivity contribution in [1.82, 2.24) is 10.6 Å². The molecule has 0 aromatic rings. The van der Waals surface area contributed by atoms with Gasteiger partial charge in [-0.2, -0.15) is 0 Å². The van der Waals surface area contributed by atoms with Crippen molar-refractivity contribution in [2.24, 2.45) is 0 Å². The SMILES string of the molecule is C#CCNC(=O)B1OC(=O)CNCC(=O)O1. The highest BCUT2D eigenvalue weighted by molar-refractivity contribution is 6.82. The van der Waals surface area contributed by atoms with Gasteiger partial charge < -0.3 is 14.6 Å². The van der Waals surface area contributed by atoms with Crippen LogP contribution in [0.3, 0.4) is 0 Å². The zero-order valence-electron chi connectivity index (χ0n) is 8.32. The Bertz CT molecular complexity index is 333. The van der Waals surface area contributed by atoms with Gasteiger partial charge in [-0.05, 0) is 0 Å². The summed E-state index contributed by atoms with van der Waals surface area (Å²) in [5.41, 5.74) is 0. The highest BCUT2D eigenvalue weighted by Crippen LogP contribution is 1.96. The van der Waals surface area contributed by atoms with Crippen molar-refractivity contribution in [3.05, 3.63) is 0 Å². The first kappa shape index (κ1) is 12.1. The van der Waals surface area contributed by atoms with Crippen LogP contribution in [-0.2, 0) is 18.9 Å². The Morgan fingerprint density at radius 2 is 2.00 bits per heavy atom. The normalized spacial score (nSPS) is 16.3. The minimum absolute atomic E-state index is 0.0390. The van der Waals surface area contributed by atoms with Crippen LogP contribution in [0.15, 0.2) is 0 Å². The maximum Gasteiger partial charge on any atom is 0.698 e. The second-order valence-corrected chi connectivity index (χ2v) is 2.84. The predicted octanol–water partition coefficient (Wildman–Crippen LogP) is -1.91. The van der Waals surface area contributed by atoms with Crippen LogP contribution in [0.5, 0.6) is 0 Å². The van der Waals surface area contributed by atoms with E-state index in [9.17, 15) is 14.4 Å². The van der Waals surface area contributed by atoms with Gasteiger partial charge in [0.1, 0.15) is 0 Å². The summed E-state index contributed by atoms with van der Waals surface area (Å²) in [7, 11) is -1.57. The predicted molar refractivity (Wildman–Crippen MR) is 53.0 cm³/mol. The molecule has 1 heterocycles. The van der Waals surface area contributed by atoms with Crippen molar-refractivity contribution in [2.45, 2.75) is 0 Å². The summed E-state index contributed by atoms with van der Waals surface area (Å²) in [4.78, 5) is 33.4. The third-order valence-corrected chi connectivity index (χ3v) is 1.59. The van der Waals surface area contributed by atoms with Gasteiger partial charge in [0.05, 0.1) is 19.6 Å². The highest BCUT2D eigenvalue weighted by atomic mass is 16.6. The molecule has 0 saturated carbocycles. The van der Waals surface area contributed by atoms with Crippen LogP contribution < -0.4 is 10.6 Å². The molecule has 0 radical (unpaired) electrons. The quantitative estimate of drug-likeness (QED) is 0.419. The molecule has 7 nitrogen and oxygen atoms in total. The summed E-state index contributed by atoms with van der Waals surface area (Å²) in [6, 6.07) is 0. The summed E-state index contributed by atoms with van der Waals surface area (Å²) in [6.45, 7) is -0.356. The molecule has 0 atom stereocenters. The molecule has 1 fully saturated rings. The Labute approximate surface area is 92.0 Å². The zero-order chi connectivity index (χ0) is 12.0. The molecule has 1 rings (SSSR count). The minimum Gasteiger partial charge on any atom is -0.491 e. The Morgan fingerprint density at radius 1 is 1.44 bits per heavy atom. The first-order chi connectivity index (χ1) is 7.63. The fourth-order valence-corrected chi connectivity index (χ4v) is 0.941. The van der Waals surface area contributed by atoms with Gasteiger partial charge in [0, 0.05) is 0 Å². The molecule has 8 heteroatoms. The van der Waals surface area contributed by atoms with E-state index in [-0.39, 0.29) is 19.6 Å². The van der Waals surface area contributed by atoms with Crippen molar-refractivity contribution in [1.29, 1.82) is 0 Å². The number of terminal acetylenes is 1. The van der Waals surface area contributed by atoms with Gasteiger partial charge in [0.25, 0.3) is 5.81 Å². The molecular formula is C8H9BN2O5. The third kappa shape index (κ3) is 3.63. The minimum atomic E-state index is -1.57. The molecule has 2 N–H and O–H groups in total. The Morgan fingerprint density at radius 3 is 2.50 bits per heavy atom. The number of carbonyl (C=O) groups excluding carboxylic acids is 3. The van der Waals surface area contributed by atoms with E-state index in [1.54, 1.807) is 0 Å². The van der Waals surface area contributed by atoms with Crippen LogP contribution in [0.1, 0.15) is 0 Å². The maximum absolute atomic E-state index is 11.3. The van der Waals surface area contributed by atoms with Crippen LogP contribution in [0, 0.1) is 12.3 Å². The number of carbonyl (C=O) groups is 3. The number of nitrogens with one attached hydrogen (secondary N) is 2. The molecule has 1 aliphatic heterocycles. The monoisotopic (exact) mass is 224 g/mol. The highest BCUT2D eigenvalue weighted by Gasteiger charge is 2.38. The molecule has 1 saturated heterocycles. The van der Waals surface area contributed by atoms with Gasteiger partial charge in [0.15, 0.2) is 0 Å². The molecule has 0 aromatic carbocycles. The van der Waals surface area contributed by atoms with Crippen molar-refractivity contribution >= 4 is 24.9 Å². The molecule has 0 bridgehead atoms. The molecule has 0 aromatic heterocycles. The Hall–Kier alpha value is -2.01. The van der Waals surface area contributed by atoms with Gasteiger partial charge in [-0.25, -0.2) is 0 Å². The molecule has 0 aliphatic carbocycles. The lowest BCUT2D eigenvalue weighted by Gasteiger charge is -2.16. The number of hydrogen-bond donors (Lipinski definition) is 2. The van der Waals surface area contributed by atoms with E-state index < -0.39 is 24.9 Å². The standard InChI is InChI=1S/C8H9BN2O5/c1-2-3-11-8(14)9-15-6(12)4-10-5-7(13)16-9/h1,10H,3-5H2,(H,11,14). The lowest BCUT2D eigenvalue weighted by Crippen LogP contribution is -2.49. The average molecular weight is 224 g/mol. The van der Waals surface area contributed by atoms with Gasteiger partial charge in [-0.1, -0.05) is 5.92 Å². The number of rotatable bonds is 2. The van der Waals surface area contributed by atoms with E-state index in [0.717, 1.165) is 0 Å². The first-order valence-corrected chi connectivity index (χ1v) is 4.44. The van der Waals surface area contributed by atoms with E-state index in [2.05, 4.69) is 25.9 Å². The van der Waals surface area contributed by atoms with Crippen molar-refractivity contribution in [3.63, 3.8) is 0 Å². The molecule has 1 amide bonds. The van der Waals surface area contributed by atoms with E-state index in [0.29, 0.717) is 0 Å². The summed E-state index contributed by atoms with van der Waals surface area (Å²) in [5.74, 6) is 0.0270. The average Bonchev–Trinajstić information content (AvgIpc) is 2.22. The molecular weight excluding hydrogens is 215 g/mol. The van der Waals surface area contributed by atoms with Gasteiger partial charge in [-0.3, -0.25) is 19.7 Å².